The molecule has 1 N–H and O–H groups in total. The maximum Gasteiger partial charge on any atom is 0.335 e. The Morgan fingerprint density at radius 2 is 1.81 bits per heavy atom. The molecule has 0 saturated heterocycles. The summed E-state index contributed by atoms with van der Waals surface area (Å²) in [6.45, 7) is 3.07. The van der Waals surface area contributed by atoms with Crippen LogP contribution in [0.1, 0.15) is 27.9 Å². The highest BCUT2D eigenvalue weighted by molar-refractivity contribution is 5.88. The third-order valence-corrected chi connectivity index (χ3v) is 3.86. The van der Waals surface area contributed by atoms with Gasteiger partial charge < -0.3 is 10.0 Å². The number of hydrogen-bond acceptors (Lipinski definition) is 2. The number of rotatable bonds is 3. The Hall–Kier alpha value is -2.55. The van der Waals surface area contributed by atoms with Crippen LogP contribution in [0.2, 0.25) is 0 Å². The van der Waals surface area contributed by atoms with Gasteiger partial charge in [0.05, 0.1) is 5.56 Å². The van der Waals surface area contributed by atoms with Crippen LogP contribution >= 0.6 is 0 Å². The summed E-state index contributed by atoms with van der Waals surface area (Å²) in [7, 11) is 0. The average molecular weight is 279 g/mol. The maximum atomic E-state index is 10.9. The molecule has 0 radical (unpaired) electrons. The first kappa shape index (κ1) is 13.4. The van der Waals surface area contributed by atoms with Crippen molar-refractivity contribution < 1.29 is 9.90 Å². The highest BCUT2D eigenvalue weighted by Gasteiger charge is 2.16. The summed E-state index contributed by atoms with van der Waals surface area (Å²) in [5.74, 6) is -0.886. The Labute approximate surface area is 124 Å². The molecule has 3 rings (SSSR count). The molecular formula is C18H17NO2. The lowest BCUT2D eigenvalue weighted by Gasteiger charge is -2.17. The lowest BCUT2D eigenvalue weighted by atomic mass is 10.0. The lowest BCUT2D eigenvalue weighted by molar-refractivity contribution is 0.0697. The molecule has 1 aliphatic rings. The Balaban J connectivity index is 1.86. The predicted molar refractivity (Wildman–Crippen MR) is 84.5 cm³/mol. The molecule has 0 amide bonds. The van der Waals surface area contributed by atoms with E-state index in [1.807, 2.05) is 18.2 Å². The molecule has 1 aliphatic heterocycles. The molecule has 0 atom stereocenters. The summed E-state index contributed by atoms with van der Waals surface area (Å²) in [6.07, 6.45) is 3.14. The number of nitrogens with zero attached hydrogens (tertiary/aromatic N) is 1. The van der Waals surface area contributed by atoms with Gasteiger partial charge in [0.25, 0.3) is 0 Å². The van der Waals surface area contributed by atoms with Crippen LogP contribution in [-0.2, 0) is 0 Å². The first-order chi connectivity index (χ1) is 10.1. The lowest BCUT2D eigenvalue weighted by Crippen LogP contribution is -2.12. The summed E-state index contributed by atoms with van der Waals surface area (Å²) < 4.78 is 0. The van der Waals surface area contributed by atoms with E-state index in [4.69, 9.17) is 5.11 Å². The molecule has 2 aromatic carbocycles. The van der Waals surface area contributed by atoms with E-state index in [1.165, 1.54) is 16.8 Å². The fourth-order valence-electron chi connectivity index (χ4n) is 2.68. The molecule has 0 aromatic heterocycles. The van der Waals surface area contributed by atoms with Crippen molar-refractivity contribution >= 4 is 17.2 Å². The summed E-state index contributed by atoms with van der Waals surface area (Å²) in [6, 6.07) is 15.4. The number of aromatic carboxylic acids is 1. The van der Waals surface area contributed by atoms with Gasteiger partial charge in [0.15, 0.2) is 0 Å². The number of benzene rings is 2. The second kappa shape index (κ2) is 5.44. The van der Waals surface area contributed by atoms with E-state index in [0.29, 0.717) is 5.56 Å². The molecule has 0 unspecified atom stereocenters. The number of carboxylic acids is 1. The minimum absolute atomic E-state index is 0.327. The minimum Gasteiger partial charge on any atom is -0.478 e. The number of aryl methyl sites for hydroxylation is 1. The van der Waals surface area contributed by atoms with E-state index in [2.05, 4.69) is 36.2 Å². The topological polar surface area (TPSA) is 40.5 Å². The van der Waals surface area contributed by atoms with Crippen LogP contribution < -0.4 is 4.90 Å². The standard InChI is InChI=1S/C18H17NO2/c1-13-4-2-3-5-17(13)19-11-10-16(12-19)14-6-8-15(9-7-14)18(20)21/h2-9,12H,10-11H2,1H3,(H,20,21). The van der Waals surface area contributed by atoms with Gasteiger partial charge in [0, 0.05) is 18.4 Å². The number of anilines is 1. The molecule has 2 aromatic rings. The van der Waals surface area contributed by atoms with Crippen LogP contribution in [0.5, 0.6) is 0 Å². The van der Waals surface area contributed by atoms with Gasteiger partial charge in [-0.05, 0) is 48.2 Å². The molecule has 0 spiro atoms. The minimum atomic E-state index is -0.886. The van der Waals surface area contributed by atoms with Gasteiger partial charge >= 0.3 is 5.97 Å². The fraction of sp³-hybridized carbons (Fsp3) is 0.167. The average Bonchev–Trinajstić information content (AvgIpc) is 2.97. The van der Waals surface area contributed by atoms with Crippen LogP contribution in [0.3, 0.4) is 0 Å². The van der Waals surface area contributed by atoms with Crippen LogP contribution in [0.25, 0.3) is 5.57 Å². The summed E-state index contributed by atoms with van der Waals surface area (Å²) in [5.41, 5.74) is 5.16. The van der Waals surface area contributed by atoms with Crippen molar-refractivity contribution in [2.75, 3.05) is 11.4 Å². The van der Waals surface area contributed by atoms with Gasteiger partial charge in [0.1, 0.15) is 0 Å². The fourth-order valence-corrected chi connectivity index (χ4v) is 2.68. The van der Waals surface area contributed by atoms with Crippen LogP contribution in [-0.4, -0.2) is 17.6 Å². The van der Waals surface area contributed by atoms with Crippen molar-refractivity contribution in [2.45, 2.75) is 13.3 Å². The monoisotopic (exact) mass is 279 g/mol. The summed E-state index contributed by atoms with van der Waals surface area (Å²) in [5, 5.41) is 8.94. The number of carboxylic acid groups (broad SMARTS) is 1. The van der Waals surface area contributed by atoms with Gasteiger partial charge in [0.2, 0.25) is 0 Å². The van der Waals surface area contributed by atoms with Gasteiger partial charge in [-0.25, -0.2) is 4.79 Å². The largest absolute Gasteiger partial charge is 0.478 e. The second-order valence-electron chi connectivity index (χ2n) is 5.27. The smallest absolute Gasteiger partial charge is 0.335 e. The Bertz CT molecular complexity index is 701. The van der Waals surface area contributed by atoms with E-state index >= 15 is 0 Å². The van der Waals surface area contributed by atoms with Crippen molar-refractivity contribution in [1.82, 2.24) is 0 Å². The van der Waals surface area contributed by atoms with Crippen molar-refractivity contribution in [1.29, 1.82) is 0 Å². The SMILES string of the molecule is Cc1ccccc1N1C=C(c2ccc(C(=O)O)cc2)CC1. The van der Waals surface area contributed by atoms with Gasteiger partial charge in [-0.3, -0.25) is 0 Å². The normalized spacial score (nSPS) is 14.1. The number of carbonyl (C=O) groups is 1. The highest BCUT2D eigenvalue weighted by atomic mass is 16.4. The molecule has 0 aliphatic carbocycles. The predicted octanol–water partition coefficient (Wildman–Crippen LogP) is 3.94. The molecule has 3 heteroatoms. The third kappa shape index (κ3) is 2.68. The van der Waals surface area contributed by atoms with Crippen LogP contribution in [0.15, 0.2) is 54.7 Å². The van der Waals surface area contributed by atoms with Crippen molar-refractivity contribution in [3.63, 3.8) is 0 Å². The van der Waals surface area contributed by atoms with Gasteiger partial charge in [-0.15, -0.1) is 0 Å². The molecule has 0 fully saturated rings. The first-order valence-electron chi connectivity index (χ1n) is 7.02. The van der Waals surface area contributed by atoms with Gasteiger partial charge in [-0.2, -0.15) is 0 Å². The van der Waals surface area contributed by atoms with E-state index < -0.39 is 5.97 Å². The molecule has 1 heterocycles. The molecular weight excluding hydrogens is 262 g/mol. The van der Waals surface area contributed by atoms with Gasteiger partial charge in [-0.1, -0.05) is 30.3 Å². The number of para-hydroxylation sites is 1. The van der Waals surface area contributed by atoms with Crippen molar-refractivity contribution in [3.05, 3.63) is 71.4 Å². The summed E-state index contributed by atoms with van der Waals surface area (Å²) in [4.78, 5) is 13.1. The van der Waals surface area contributed by atoms with E-state index in [-0.39, 0.29) is 0 Å². The quantitative estimate of drug-likeness (QED) is 0.925. The Morgan fingerprint density at radius 3 is 2.48 bits per heavy atom. The zero-order valence-electron chi connectivity index (χ0n) is 11.9. The second-order valence-corrected chi connectivity index (χ2v) is 5.27. The van der Waals surface area contributed by atoms with E-state index in [9.17, 15) is 4.79 Å². The Morgan fingerprint density at radius 1 is 1.10 bits per heavy atom. The molecule has 106 valence electrons. The zero-order chi connectivity index (χ0) is 14.8. The molecule has 0 saturated carbocycles. The maximum absolute atomic E-state index is 10.9. The van der Waals surface area contributed by atoms with Crippen LogP contribution in [0, 0.1) is 6.92 Å². The van der Waals surface area contributed by atoms with Crippen molar-refractivity contribution in [3.8, 4) is 0 Å². The third-order valence-electron chi connectivity index (χ3n) is 3.86. The van der Waals surface area contributed by atoms with E-state index in [1.54, 1.807) is 12.1 Å². The number of hydrogen-bond donors (Lipinski definition) is 1. The molecule has 21 heavy (non-hydrogen) atoms. The zero-order valence-corrected chi connectivity index (χ0v) is 11.9. The summed E-state index contributed by atoms with van der Waals surface area (Å²) >= 11 is 0. The first-order valence-corrected chi connectivity index (χ1v) is 7.02. The Kier molecular flexibility index (Phi) is 3.48. The van der Waals surface area contributed by atoms with E-state index in [0.717, 1.165) is 18.5 Å². The van der Waals surface area contributed by atoms with Crippen molar-refractivity contribution in [2.24, 2.45) is 0 Å². The van der Waals surface area contributed by atoms with Crippen LogP contribution in [0.4, 0.5) is 5.69 Å². The highest BCUT2D eigenvalue weighted by Crippen LogP contribution is 2.30. The molecule has 3 nitrogen and oxygen atoms in total. The molecule has 0 bridgehead atoms.